The molecule has 0 aliphatic carbocycles. The highest BCUT2D eigenvalue weighted by molar-refractivity contribution is 5.35. The number of hydrogen-bond donors (Lipinski definition) is 1. The molecule has 0 spiro atoms. The molecule has 0 aliphatic rings. The number of hydrogen-bond acceptors (Lipinski definition) is 5. The van der Waals surface area contributed by atoms with Crippen LogP contribution in [0.15, 0.2) is 18.7 Å². The van der Waals surface area contributed by atoms with Gasteiger partial charge in [-0.25, -0.2) is 19.6 Å². The minimum Gasteiger partial charge on any atom is -0.370 e. The summed E-state index contributed by atoms with van der Waals surface area (Å²) in [5.41, 5.74) is 0.945. The van der Waals surface area contributed by atoms with E-state index in [1.54, 1.807) is 11.0 Å². The molecule has 0 unspecified atom stereocenters. The minimum atomic E-state index is 0.542. The molecule has 0 atom stereocenters. The lowest BCUT2D eigenvalue weighted by atomic mass is 10.4. The Kier molecular flexibility index (Phi) is 3.09. The first-order chi connectivity index (χ1) is 7.78. The molecule has 0 aromatic carbocycles. The molecule has 16 heavy (non-hydrogen) atoms. The van der Waals surface area contributed by atoms with Gasteiger partial charge in [-0.2, -0.15) is 5.10 Å². The van der Waals surface area contributed by atoms with Gasteiger partial charge in [0.2, 0.25) is 0 Å². The molecule has 2 aromatic heterocycles. The summed E-state index contributed by atoms with van der Waals surface area (Å²) < 4.78 is 1.70. The van der Waals surface area contributed by atoms with Gasteiger partial charge in [0.05, 0.1) is 0 Å². The topological polar surface area (TPSA) is 68.5 Å². The van der Waals surface area contributed by atoms with Gasteiger partial charge in [-0.1, -0.05) is 0 Å². The molecule has 2 aromatic rings. The number of rotatable bonds is 4. The van der Waals surface area contributed by atoms with E-state index in [1.165, 1.54) is 6.33 Å². The van der Waals surface area contributed by atoms with Gasteiger partial charge in [0.25, 0.3) is 0 Å². The second kappa shape index (κ2) is 4.69. The summed E-state index contributed by atoms with van der Waals surface area (Å²) >= 11 is 0. The van der Waals surface area contributed by atoms with Crippen LogP contribution >= 0.6 is 0 Å². The van der Waals surface area contributed by atoms with Crippen molar-refractivity contribution < 1.29 is 0 Å². The van der Waals surface area contributed by atoms with Gasteiger partial charge < -0.3 is 5.32 Å². The third-order valence-electron chi connectivity index (χ3n) is 2.03. The number of aromatic nitrogens is 5. The molecule has 6 nitrogen and oxygen atoms in total. The molecule has 0 fully saturated rings. The number of nitrogens with zero attached hydrogens (tertiary/aromatic N) is 5. The predicted molar refractivity (Wildman–Crippen MR) is 60.1 cm³/mol. The van der Waals surface area contributed by atoms with Crippen LogP contribution in [0.1, 0.15) is 18.4 Å². The highest BCUT2D eigenvalue weighted by Crippen LogP contribution is 2.06. The lowest BCUT2D eigenvalue weighted by Crippen LogP contribution is -2.08. The largest absolute Gasteiger partial charge is 0.370 e. The van der Waals surface area contributed by atoms with Gasteiger partial charge in [0, 0.05) is 18.3 Å². The van der Waals surface area contributed by atoms with Gasteiger partial charge in [-0.05, 0) is 13.8 Å². The molecule has 6 heteroatoms. The Morgan fingerprint density at radius 3 is 2.94 bits per heavy atom. The van der Waals surface area contributed by atoms with E-state index in [-0.39, 0.29) is 0 Å². The van der Waals surface area contributed by atoms with Gasteiger partial charge in [0.15, 0.2) is 5.82 Å². The molecule has 1 N–H and O–H groups in total. The number of aryl methyl sites for hydroxylation is 1. The maximum Gasteiger partial charge on any atom is 0.152 e. The van der Waals surface area contributed by atoms with Crippen molar-refractivity contribution in [2.75, 3.05) is 11.9 Å². The fourth-order valence-corrected chi connectivity index (χ4v) is 1.43. The van der Waals surface area contributed by atoms with Crippen molar-refractivity contribution in [3.8, 4) is 0 Å². The monoisotopic (exact) mass is 218 g/mol. The normalized spacial score (nSPS) is 10.4. The van der Waals surface area contributed by atoms with Crippen LogP contribution in [-0.4, -0.2) is 31.3 Å². The van der Waals surface area contributed by atoms with Crippen molar-refractivity contribution in [2.45, 2.75) is 20.4 Å². The molecular formula is C10H14N6. The van der Waals surface area contributed by atoms with Crippen molar-refractivity contribution in [2.24, 2.45) is 0 Å². The fraction of sp³-hybridized carbons (Fsp3) is 0.400. The zero-order chi connectivity index (χ0) is 11.4. The molecule has 2 heterocycles. The zero-order valence-electron chi connectivity index (χ0n) is 9.38. The molecule has 2 rings (SSSR count). The van der Waals surface area contributed by atoms with Crippen LogP contribution in [0.5, 0.6) is 0 Å². The Labute approximate surface area is 93.8 Å². The van der Waals surface area contributed by atoms with Crippen molar-refractivity contribution in [3.05, 3.63) is 30.2 Å². The molecule has 0 amide bonds. The molecule has 84 valence electrons. The highest BCUT2D eigenvalue weighted by Gasteiger charge is 2.02. The average molecular weight is 218 g/mol. The lowest BCUT2D eigenvalue weighted by molar-refractivity contribution is 0.651. The van der Waals surface area contributed by atoms with E-state index in [0.717, 1.165) is 23.9 Å². The van der Waals surface area contributed by atoms with E-state index in [4.69, 9.17) is 0 Å². The molecule has 0 bridgehead atoms. The molecule has 0 saturated heterocycles. The van der Waals surface area contributed by atoms with Crippen molar-refractivity contribution in [3.63, 3.8) is 0 Å². The van der Waals surface area contributed by atoms with E-state index in [2.05, 4.69) is 25.4 Å². The van der Waals surface area contributed by atoms with E-state index in [1.807, 2.05) is 19.9 Å². The number of nitrogens with one attached hydrogen (secondary N) is 1. The van der Waals surface area contributed by atoms with E-state index >= 15 is 0 Å². The third kappa shape index (κ3) is 2.53. The predicted octanol–water partition coefficient (Wildman–Crippen LogP) is 0.857. The van der Waals surface area contributed by atoms with Crippen LogP contribution in [-0.2, 0) is 6.54 Å². The van der Waals surface area contributed by atoms with Gasteiger partial charge in [0.1, 0.15) is 25.0 Å². The number of anilines is 1. The molecular weight excluding hydrogens is 204 g/mol. The first-order valence-corrected chi connectivity index (χ1v) is 5.19. The average Bonchev–Trinajstić information content (AvgIpc) is 2.70. The van der Waals surface area contributed by atoms with Gasteiger partial charge >= 0.3 is 0 Å². The zero-order valence-corrected chi connectivity index (χ0v) is 9.38. The maximum absolute atomic E-state index is 4.39. The summed E-state index contributed by atoms with van der Waals surface area (Å²) in [6.07, 6.45) is 3.15. The Balaban J connectivity index is 2.20. The summed E-state index contributed by atoms with van der Waals surface area (Å²) in [5, 5.41) is 7.19. The van der Waals surface area contributed by atoms with Crippen molar-refractivity contribution >= 4 is 5.82 Å². The van der Waals surface area contributed by atoms with Gasteiger partial charge in [-0.3, -0.25) is 0 Å². The van der Waals surface area contributed by atoms with Crippen LogP contribution in [0, 0.1) is 6.92 Å². The first-order valence-electron chi connectivity index (χ1n) is 5.19. The summed E-state index contributed by atoms with van der Waals surface area (Å²) in [5.74, 6) is 1.59. The second-order valence-corrected chi connectivity index (χ2v) is 3.43. The summed E-state index contributed by atoms with van der Waals surface area (Å²) in [6.45, 7) is 5.38. The standard InChI is InChI=1S/C10H14N6/c1-3-12-9-4-8(2)14-10(15-9)5-16-7-11-6-13-16/h4,6-7H,3,5H2,1-2H3,(H,12,14,15). The smallest absolute Gasteiger partial charge is 0.152 e. The second-order valence-electron chi connectivity index (χ2n) is 3.43. The summed E-state index contributed by atoms with van der Waals surface area (Å²) in [6, 6.07) is 1.92. The van der Waals surface area contributed by atoms with Gasteiger partial charge in [-0.15, -0.1) is 0 Å². The van der Waals surface area contributed by atoms with Crippen molar-refractivity contribution in [1.82, 2.24) is 24.7 Å². The highest BCUT2D eigenvalue weighted by atomic mass is 15.3. The quantitative estimate of drug-likeness (QED) is 0.824. The minimum absolute atomic E-state index is 0.542. The maximum atomic E-state index is 4.39. The molecule has 0 radical (unpaired) electrons. The molecule has 0 saturated carbocycles. The summed E-state index contributed by atoms with van der Waals surface area (Å²) in [4.78, 5) is 12.6. The van der Waals surface area contributed by atoms with Crippen LogP contribution in [0.2, 0.25) is 0 Å². The van der Waals surface area contributed by atoms with Crippen LogP contribution < -0.4 is 5.32 Å². The third-order valence-corrected chi connectivity index (χ3v) is 2.03. The fourth-order valence-electron chi connectivity index (χ4n) is 1.43. The van der Waals surface area contributed by atoms with Crippen LogP contribution in [0.25, 0.3) is 0 Å². The van der Waals surface area contributed by atoms with E-state index in [9.17, 15) is 0 Å². The Bertz CT molecular complexity index is 450. The molecule has 0 aliphatic heterocycles. The van der Waals surface area contributed by atoms with Crippen LogP contribution in [0.4, 0.5) is 5.82 Å². The van der Waals surface area contributed by atoms with Crippen LogP contribution in [0.3, 0.4) is 0 Å². The summed E-state index contributed by atoms with van der Waals surface area (Å²) in [7, 11) is 0. The first kappa shape index (κ1) is 10.5. The Morgan fingerprint density at radius 2 is 2.25 bits per heavy atom. The Hall–Kier alpha value is -1.98. The SMILES string of the molecule is CCNc1cc(C)nc(Cn2cncn2)n1. The van der Waals surface area contributed by atoms with Crippen molar-refractivity contribution in [1.29, 1.82) is 0 Å². The van der Waals surface area contributed by atoms with E-state index in [0.29, 0.717) is 6.54 Å². The van der Waals surface area contributed by atoms with E-state index < -0.39 is 0 Å². The Morgan fingerprint density at radius 1 is 1.38 bits per heavy atom. The lowest BCUT2D eigenvalue weighted by Gasteiger charge is -2.06.